The van der Waals surface area contributed by atoms with Gasteiger partial charge in [0, 0.05) is 31.1 Å². The summed E-state index contributed by atoms with van der Waals surface area (Å²) in [5.41, 5.74) is 0. The van der Waals surface area contributed by atoms with Gasteiger partial charge < -0.3 is 21.9 Å². The SMILES string of the molecule is [O-2].[O-2].[O-2].[O-2].[Th+4].[U]. The molecule has 6 heteroatoms. The molecule has 0 saturated heterocycles. The van der Waals surface area contributed by atoms with Gasteiger partial charge in [0.1, 0.15) is 0 Å². The van der Waals surface area contributed by atoms with Gasteiger partial charge in [-0.15, -0.1) is 0 Å². The van der Waals surface area contributed by atoms with E-state index in [1.54, 1.807) is 0 Å². The third-order valence-corrected chi connectivity index (χ3v) is 0. The molecule has 0 aromatic heterocycles. The molecule has 4 nitrogen and oxygen atoms in total. The van der Waals surface area contributed by atoms with Gasteiger partial charge in [0.2, 0.25) is 0 Å². The molecule has 0 bridgehead atoms. The molecule has 36 valence electrons. The van der Waals surface area contributed by atoms with E-state index in [-0.39, 0.29) is 93.0 Å². The summed E-state index contributed by atoms with van der Waals surface area (Å²) in [6.07, 6.45) is 0. The van der Waals surface area contributed by atoms with Crippen molar-refractivity contribution in [1.29, 1.82) is 0 Å². The van der Waals surface area contributed by atoms with Crippen LogP contribution in [-0.2, 0) is 21.9 Å². The maximum absolute atomic E-state index is 0. The van der Waals surface area contributed by atoms with Crippen LogP contribution in [0.4, 0.5) is 0 Å². The molecule has 0 amide bonds. The maximum Gasteiger partial charge on any atom is 4.00 e. The first-order chi connectivity index (χ1) is 0. The quantitative estimate of drug-likeness (QED) is 0.400. The first-order valence-electron chi connectivity index (χ1n) is 0. The normalized spacial score (nSPS) is 0. The average Bonchev–Trinajstić information content (AvgIpc) is 0. The zero-order valence-electron chi connectivity index (χ0n) is 2.63. The van der Waals surface area contributed by atoms with Crippen LogP contribution < -0.4 is 0 Å². The number of hydrogen-bond acceptors (Lipinski definition) is 0. The second-order valence-electron chi connectivity index (χ2n) is 0. The zero-order chi connectivity index (χ0) is 0. The van der Waals surface area contributed by atoms with Crippen molar-refractivity contribution in [2.24, 2.45) is 0 Å². The minimum Gasteiger partial charge on any atom is -2.00 e. The molecule has 6 heavy (non-hydrogen) atoms. The summed E-state index contributed by atoms with van der Waals surface area (Å²) in [6, 6.07) is 0. The molecular formula is O4ThU-4. The Hall–Kier alpha value is 2.22. The van der Waals surface area contributed by atoms with Crippen molar-refractivity contribution in [3.8, 4) is 0 Å². The molecule has 0 unspecified atom stereocenters. The predicted molar refractivity (Wildman–Crippen MR) is 2.75 cm³/mol. The molecule has 0 heterocycles. The molecule has 0 aromatic carbocycles. The number of rotatable bonds is 0. The smallest absolute Gasteiger partial charge is 2.00 e. The molecule has 0 radical (unpaired) electrons. The van der Waals surface area contributed by atoms with Gasteiger partial charge in [-0.2, -0.15) is 0 Å². The zero-order valence-corrected chi connectivity index (χ0v) is 10.9. The second kappa shape index (κ2) is 56.8. The molecule has 0 rings (SSSR count). The van der Waals surface area contributed by atoms with Crippen LogP contribution in [0.1, 0.15) is 0 Å². The molecule has 0 aromatic rings. The Morgan fingerprint density at radius 3 is 0.500 bits per heavy atom. The Bertz CT molecular complexity index is 7.51. The van der Waals surface area contributed by atoms with Gasteiger partial charge in [-0.1, -0.05) is 0 Å². The van der Waals surface area contributed by atoms with Crippen LogP contribution in [0.5, 0.6) is 0 Å². The standard InChI is InChI=1S/4O.Th.U/q4*-2;+4;. The van der Waals surface area contributed by atoms with E-state index in [2.05, 4.69) is 0 Å². The summed E-state index contributed by atoms with van der Waals surface area (Å²) < 4.78 is 0. The van der Waals surface area contributed by atoms with Crippen molar-refractivity contribution in [2.75, 3.05) is 0 Å². The Labute approximate surface area is 91.4 Å². The van der Waals surface area contributed by atoms with Crippen LogP contribution in [0.15, 0.2) is 0 Å². The number of hydrogen-bond donors (Lipinski definition) is 0. The largest absolute Gasteiger partial charge is 4.00 e. The molecule has 0 fully saturated rings. The van der Waals surface area contributed by atoms with Crippen molar-refractivity contribution in [3.05, 3.63) is 0 Å². The second-order valence-corrected chi connectivity index (χ2v) is 0. The van der Waals surface area contributed by atoms with Crippen LogP contribution in [-0.4, -0.2) is 0 Å². The minimum absolute atomic E-state index is 0. The Morgan fingerprint density at radius 1 is 0.500 bits per heavy atom. The molecule has 0 aliphatic carbocycles. The third-order valence-electron chi connectivity index (χ3n) is 0. The van der Waals surface area contributed by atoms with Gasteiger partial charge >= 0.3 is 39.9 Å². The van der Waals surface area contributed by atoms with Gasteiger partial charge in [0.05, 0.1) is 0 Å². The Balaban J connectivity index is 0. The van der Waals surface area contributed by atoms with Crippen molar-refractivity contribution in [3.63, 3.8) is 0 Å². The van der Waals surface area contributed by atoms with Crippen LogP contribution in [0.2, 0.25) is 0 Å². The van der Waals surface area contributed by atoms with Crippen LogP contribution in [0.25, 0.3) is 0 Å². The summed E-state index contributed by atoms with van der Waals surface area (Å²) >= 11 is 0. The van der Waals surface area contributed by atoms with Crippen LogP contribution in [0.3, 0.4) is 0 Å². The van der Waals surface area contributed by atoms with E-state index in [0.29, 0.717) is 0 Å². The van der Waals surface area contributed by atoms with E-state index in [0.717, 1.165) is 0 Å². The predicted octanol–water partition coefficient (Wildman–Crippen LogP) is -0.475. The third kappa shape index (κ3) is 34.4. The van der Waals surface area contributed by atoms with Gasteiger partial charge in [-0.25, -0.2) is 0 Å². The van der Waals surface area contributed by atoms with E-state index in [4.69, 9.17) is 0 Å². The van der Waals surface area contributed by atoms with Gasteiger partial charge in [0.15, 0.2) is 0 Å². The first-order valence-corrected chi connectivity index (χ1v) is 0. The Morgan fingerprint density at radius 2 is 0.500 bits per heavy atom. The molecular weight excluding hydrogens is 534 g/mol. The minimum atomic E-state index is 0. The van der Waals surface area contributed by atoms with Crippen LogP contribution in [0, 0.1) is 71.1 Å². The molecule has 0 N–H and O–H groups in total. The molecule has 0 atom stereocenters. The summed E-state index contributed by atoms with van der Waals surface area (Å²) in [7, 11) is 0. The van der Waals surface area contributed by atoms with Gasteiger partial charge in [0.25, 0.3) is 0 Å². The summed E-state index contributed by atoms with van der Waals surface area (Å²) in [5, 5.41) is 0. The van der Waals surface area contributed by atoms with Gasteiger partial charge in [-0.3, -0.25) is 0 Å². The average molecular weight is 534 g/mol. The van der Waals surface area contributed by atoms with Crippen molar-refractivity contribution >= 4 is 0 Å². The topological polar surface area (TPSA) is 114 Å². The van der Waals surface area contributed by atoms with E-state index < -0.39 is 0 Å². The summed E-state index contributed by atoms with van der Waals surface area (Å²) in [6.45, 7) is 0. The molecule has 0 aliphatic heterocycles. The van der Waals surface area contributed by atoms with Gasteiger partial charge in [-0.05, 0) is 0 Å². The van der Waals surface area contributed by atoms with E-state index in [1.165, 1.54) is 0 Å². The maximum atomic E-state index is 0. The molecule has 0 saturated carbocycles. The Kier molecular flexibility index (Phi) is 824. The fourth-order valence-electron chi connectivity index (χ4n) is 0. The van der Waals surface area contributed by atoms with Crippen molar-refractivity contribution in [2.45, 2.75) is 0 Å². The van der Waals surface area contributed by atoms with E-state index in [1.807, 2.05) is 0 Å². The van der Waals surface area contributed by atoms with E-state index in [9.17, 15) is 0 Å². The first kappa shape index (κ1) is 87.1. The summed E-state index contributed by atoms with van der Waals surface area (Å²) in [4.78, 5) is 0. The fourth-order valence-corrected chi connectivity index (χ4v) is 0. The van der Waals surface area contributed by atoms with Crippen LogP contribution >= 0.6 is 0 Å². The van der Waals surface area contributed by atoms with Crippen molar-refractivity contribution in [1.82, 2.24) is 0 Å². The molecule has 0 aliphatic rings. The van der Waals surface area contributed by atoms with E-state index >= 15 is 0 Å². The monoisotopic (exact) mass is 534 g/mol. The molecule has 0 spiro atoms. The summed E-state index contributed by atoms with van der Waals surface area (Å²) in [5.74, 6) is 0. The van der Waals surface area contributed by atoms with Crippen molar-refractivity contribution < 1.29 is 93.0 Å². The fraction of sp³-hybridized carbons (Fsp3) is 0.